The zero-order chi connectivity index (χ0) is 13.1. The molecule has 0 amide bonds. The summed E-state index contributed by atoms with van der Waals surface area (Å²) in [5, 5.41) is 0. The summed E-state index contributed by atoms with van der Waals surface area (Å²) in [5.74, 6) is 0.263. The molecule has 0 spiro atoms. The van der Waals surface area contributed by atoms with E-state index in [-0.39, 0.29) is 5.82 Å². The Labute approximate surface area is 109 Å². The minimum atomic E-state index is -0.103. The van der Waals surface area contributed by atoms with E-state index >= 15 is 0 Å². The molecule has 0 N–H and O–H groups in total. The molecule has 1 aliphatic rings. The van der Waals surface area contributed by atoms with Crippen molar-refractivity contribution in [3.8, 4) is 0 Å². The molecule has 0 aromatic heterocycles. The third kappa shape index (κ3) is 2.66. The van der Waals surface area contributed by atoms with Crippen LogP contribution in [0.2, 0.25) is 0 Å². The van der Waals surface area contributed by atoms with Crippen LogP contribution in [0.25, 0.3) is 0 Å². The number of hydrogen-bond acceptors (Lipinski definition) is 2. The summed E-state index contributed by atoms with van der Waals surface area (Å²) in [6.07, 6.45) is 1.86. The van der Waals surface area contributed by atoms with Gasteiger partial charge in [0.15, 0.2) is 0 Å². The van der Waals surface area contributed by atoms with Gasteiger partial charge < -0.3 is 9.80 Å². The van der Waals surface area contributed by atoms with Gasteiger partial charge in [-0.3, -0.25) is 0 Å². The molecule has 1 heterocycles. The predicted molar refractivity (Wildman–Crippen MR) is 74.5 cm³/mol. The fourth-order valence-corrected chi connectivity index (χ4v) is 2.28. The van der Waals surface area contributed by atoms with Crippen LogP contribution in [0.4, 0.5) is 10.1 Å². The van der Waals surface area contributed by atoms with Gasteiger partial charge in [-0.25, -0.2) is 4.39 Å². The molecule has 0 atom stereocenters. The van der Waals surface area contributed by atoms with E-state index in [1.54, 1.807) is 6.07 Å². The Kier molecular flexibility index (Phi) is 3.90. The maximum atomic E-state index is 14.1. The third-order valence-electron chi connectivity index (χ3n) is 3.55. The standard InChI is InChI=1S/C15H21FN2/c1-4-17-7-9-18(10-8-17)15-6-5-13(12(2)3)11-14(15)16/h4-6,11-12H,1,7-10H2,2-3H3. The van der Waals surface area contributed by atoms with Gasteiger partial charge in [0.1, 0.15) is 5.82 Å². The predicted octanol–water partition coefficient (Wildman–Crippen LogP) is 3.21. The highest BCUT2D eigenvalue weighted by molar-refractivity contribution is 5.50. The molecule has 2 nitrogen and oxygen atoms in total. The normalized spacial score (nSPS) is 16.2. The van der Waals surface area contributed by atoms with Crippen molar-refractivity contribution < 1.29 is 4.39 Å². The van der Waals surface area contributed by atoms with Crippen molar-refractivity contribution in [2.24, 2.45) is 0 Å². The molecule has 0 bridgehead atoms. The Morgan fingerprint density at radius 3 is 2.39 bits per heavy atom. The molecular formula is C15H21FN2. The third-order valence-corrected chi connectivity index (χ3v) is 3.55. The van der Waals surface area contributed by atoms with E-state index in [4.69, 9.17) is 0 Å². The van der Waals surface area contributed by atoms with Crippen LogP contribution < -0.4 is 4.90 Å². The van der Waals surface area contributed by atoms with Crippen LogP contribution in [-0.4, -0.2) is 31.1 Å². The maximum Gasteiger partial charge on any atom is 0.146 e. The van der Waals surface area contributed by atoms with Crippen molar-refractivity contribution in [1.82, 2.24) is 4.90 Å². The molecule has 0 saturated carbocycles. The second kappa shape index (κ2) is 5.42. The minimum Gasteiger partial charge on any atom is -0.374 e. The maximum absolute atomic E-state index is 14.1. The smallest absolute Gasteiger partial charge is 0.146 e. The van der Waals surface area contributed by atoms with Gasteiger partial charge in [-0.15, -0.1) is 0 Å². The summed E-state index contributed by atoms with van der Waals surface area (Å²) >= 11 is 0. The second-order valence-electron chi connectivity index (χ2n) is 5.07. The Morgan fingerprint density at radius 2 is 1.89 bits per heavy atom. The Morgan fingerprint density at radius 1 is 1.22 bits per heavy atom. The van der Waals surface area contributed by atoms with Gasteiger partial charge in [-0.2, -0.15) is 0 Å². The van der Waals surface area contributed by atoms with Gasteiger partial charge >= 0.3 is 0 Å². The molecule has 0 radical (unpaired) electrons. The number of hydrogen-bond donors (Lipinski definition) is 0. The molecule has 98 valence electrons. The minimum absolute atomic E-state index is 0.103. The Bertz CT molecular complexity index is 421. The lowest BCUT2D eigenvalue weighted by Crippen LogP contribution is -2.44. The summed E-state index contributed by atoms with van der Waals surface area (Å²) in [4.78, 5) is 4.27. The second-order valence-corrected chi connectivity index (χ2v) is 5.07. The van der Waals surface area contributed by atoms with Crippen molar-refractivity contribution >= 4 is 5.69 Å². The average Bonchev–Trinajstić information content (AvgIpc) is 2.38. The average molecular weight is 248 g/mol. The van der Waals surface area contributed by atoms with Crippen molar-refractivity contribution in [3.63, 3.8) is 0 Å². The molecule has 2 rings (SSSR count). The topological polar surface area (TPSA) is 6.48 Å². The molecule has 1 fully saturated rings. The lowest BCUT2D eigenvalue weighted by atomic mass is 10.0. The van der Waals surface area contributed by atoms with Gasteiger partial charge in [0.25, 0.3) is 0 Å². The highest BCUT2D eigenvalue weighted by atomic mass is 19.1. The number of nitrogens with zero attached hydrogens (tertiary/aromatic N) is 2. The summed E-state index contributed by atoms with van der Waals surface area (Å²) in [7, 11) is 0. The van der Waals surface area contributed by atoms with Crippen LogP contribution in [0.1, 0.15) is 25.3 Å². The van der Waals surface area contributed by atoms with Crippen molar-refractivity contribution in [1.29, 1.82) is 0 Å². The van der Waals surface area contributed by atoms with E-state index in [1.165, 1.54) is 0 Å². The molecule has 1 aromatic carbocycles. The van der Waals surface area contributed by atoms with Crippen LogP contribution in [0.3, 0.4) is 0 Å². The van der Waals surface area contributed by atoms with Crippen LogP contribution in [-0.2, 0) is 0 Å². The number of anilines is 1. The highest BCUT2D eigenvalue weighted by Gasteiger charge is 2.17. The summed E-state index contributed by atoms with van der Waals surface area (Å²) in [5.41, 5.74) is 1.78. The first-order chi connectivity index (χ1) is 8.61. The zero-order valence-corrected chi connectivity index (χ0v) is 11.2. The van der Waals surface area contributed by atoms with Crippen LogP contribution in [0, 0.1) is 5.82 Å². The molecule has 0 aliphatic carbocycles. The SMILES string of the molecule is C=CN1CCN(c2ccc(C(C)C)cc2F)CC1. The van der Waals surface area contributed by atoms with Gasteiger partial charge in [0.05, 0.1) is 5.69 Å². The first-order valence-corrected chi connectivity index (χ1v) is 6.53. The molecule has 1 aromatic rings. The van der Waals surface area contributed by atoms with Gasteiger partial charge in [0, 0.05) is 26.2 Å². The summed E-state index contributed by atoms with van der Waals surface area (Å²) in [6.45, 7) is 11.5. The fourth-order valence-electron chi connectivity index (χ4n) is 2.28. The molecule has 3 heteroatoms. The van der Waals surface area contributed by atoms with Crippen LogP contribution in [0.15, 0.2) is 31.0 Å². The van der Waals surface area contributed by atoms with E-state index < -0.39 is 0 Å². The van der Waals surface area contributed by atoms with E-state index in [1.807, 2.05) is 18.3 Å². The van der Waals surface area contributed by atoms with E-state index in [2.05, 4.69) is 30.2 Å². The Balaban J connectivity index is 2.12. The first-order valence-electron chi connectivity index (χ1n) is 6.53. The lowest BCUT2D eigenvalue weighted by Gasteiger charge is -2.35. The fraction of sp³-hybridized carbons (Fsp3) is 0.467. The first kappa shape index (κ1) is 12.9. The molecule has 0 unspecified atom stereocenters. The molecule has 18 heavy (non-hydrogen) atoms. The van der Waals surface area contributed by atoms with E-state index in [0.29, 0.717) is 5.92 Å². The number of halogens is 1. The molecule has 1 aliphatic heterocycles. The van der Waals surface area contributed by atoms with E-state index in [9.17, 15) is 4.39 Å². The largest absolute Gasteiger partial charge is 0.374 e. The van der Waals surface area contributed by atoms with Crippen LogP contribution >= 0.6 is 0 Å². The molecule has 1 saturated heterocycles. The lowest BCUT2D eigenvalue weighted by molar-refractivity contribution is 0.348. The number of piperazine rings is 1. The number of rotatable bonds is 3. The highest BCUT2D eigenvalue weighted by Crippen LogP contribution is 2.25. The molecular weight excluding hydrogens is 227 g/mol. The number of benzene rings is 1. The van der Waals surface area contributed by atoms with E-state index in [0.717, 1.165) is 37.4 Å². The van der Waals surface area contributed by atoms with Gasteiger partial charge in [-0.1, -0.05) is 26.5 Å². The van der Waals surface area contributed by atoms with Crippen LogP contribution in [0.5, 0.6) is 0 Å². The summed E-state index contributed by atoms with van der Waals surface area (Å²) in [6, 6.07) is 5.61. The monoisotopic (exact) mass is 248 g/mol. The van der Waals surface area contributed by atoms with Crippen molar-refractivity contribution in [2.75, 3.05) is 31.1 Å². The zero-order valence-electron chi connectivity index (χ0n) is 11.2. The van der Waals surface area contributed by atoms with Gasteiger partial charge in [0.2, 0.25) is 0 Å². The van der Waals surface area contributed by atoms with Crippen molar-refractivity contribution in [2.45, 2.75) is 19.8 Å². The van der Waals surface area contributed by atoms with Crippen molar-refractivity contribution in [3.05, 3.63) is 42.4 Å². The van der Waals surface area contributed by atoms with Gasteiger partial charge in [-0.05, 0) is 29.8 Å². The summed E-state index contributed by atoms with van der Waals surface area (Å²) < 4.78 is 14.1. The quantitative estimate of drug-likeness (QED) is 0.810. The Hall–Kier alpha value is -1.51.